The predicted octanol–water partition coefficient (Wildman–Crippen LogP) is 4.90. The molecule has 4 heteroatoms. The highest BCUT2D eigenvalue weighted by atomic mass is 16.6. The van der Waals surface area contributed by atoms with Crippen LogP contribution in [0.3, 0.4) is 0 Å². The van der Waals surface area contributed by atoms with Gasteiger partial charge in [0.15, 0.2) is 0 Å². The van der Waals surface area contributed by atoms with Gasteiger partial charge in [-0.1, -0.05) is 35.4 Å². The molecule has 29 heavy (non-hydrogen) atoms. The lowest BCUT2D eigenvalue weighted by atomic mass is 10.0. The largest absolute Gasteiger partial charge is 0.328 e. The van der Waals surface area contributed by atoms with Crippen molar-refractivity contribution in [1.29, 1.82) is 0 Å². The summed E-state index contributed by atoms with van der Waals surface area (Å²) in [5, 5.41) is 0. The molecule has 0 aliphatic carbocycles. The molecule has 2 saturated heterocycles. The fraction of sp³-hybridized carbons (Fsp3) is 0.480. The van der Waals surface area contributed by atoms with Crippen molar-refractivity contribution in [3.05, 3.63) is 57.6 Å². The highest BCUT2D eigenvalue weighted by molar-refractivity contribution is 5.97. The molecule has 0 saturated carbocycles. The van der Waals surface area contributed by atoms with E-state index in [0.29, 0.717) is 6.42 Å². The van der Waals surface area contributed by atoms with Crippen molar-refractivity contribution in [1.82, 2.24) is 0 Å². The van der Waals surface area contributed by atoms with E-state index >= 15 is 0 Å². The smallest absolute Gasteiger partial charge is 0.284 e. The number of carbonyl (C=O) groups excluding carboxylic acids is 1. The number of nitrogens with zero attached hydrogens (tertiary/aromatic N) is 2. The van der Waals surface area contributed by atoms with E-state index in [1.165, 1.54) is 33.4 Å². The maximum atomic E-state index is 13.5. The fourth-order valence-electron chi connectivity index (χ4n) is 5.58. The van der Waals surface area contributed by atoms with Gasteiger partial charge in [-0.3, -0.25) is 4.79 Å². The molecule has 1 spiro atoms. The third-order valence-corrected chi connectivity index (χ3v) is 6.29. The molecule has 0 radical (unpaired) electrons. The maximum Gasteiger partial charge on any atom is 0.284 e. The van der Waals surface area contributed by atoms with Crippen molar-refractivity contribution >= 4 is 17.2 Å². The standard InChI is InChI=1S/C25H32N2O2/c1-15-10-17(3)23(18(4)11-15)26-8-9-27(25(26)22(28)14-21(7)29-25)24-19(5)12-16(2)13-20(24)6/h10-13,21H,8-9,14H2,1-7H3/t21-/m1/s1. The summed E-state index contributed by atoms with van der Waals surface area (Å²) in [7, 11) is 0. The number of ether oxygens (including phenoxy) is 1. The number of carbonyl (C=O) groups is 1. The SMILES string of the molecule is Cc1cc(C)c(N2CCN(c3c(C)cc(C)cc3C)C23O[C@H](C)CC3=O)c(C)c1. The summed E-state index contributed by atoms with van der Waals surface area (Å²) < 4.78 is 6.54. The lowest BCUT2D eigenvalue weighted by Gasteiger charge is -2.42. The van der Waals surface area contributed by atoms with Crippen LogP contribution in [0, 0.1) is 41.5 Å². The van der Waals surface area contributed by atoms with E-state index in [2.05, 4.69) is 75.6 Å². The number of aryl methyl sites for hydroxylation is 6. The van der Waals surface area contributed by atoms with E-state index in [0.717, 1.165) is 24.5 Å². The molecule has 2 heterocycles. The highest BCUT2D eigenvalue weighted by Crippen LogP contribution is 2.46. The van der Waals surface area contributed by atoms with E-state index in [1.807, 2.05) is 6.92 Å². The Morgan fingerprint density at radius 2 is 1.17 bits per heavy atom. The molecule has 2 aliphatic rings. The van der Waals surface area contributed by atoms with Crippen LogP contribution in [0.15, 0.2) is 24.3 Å². The Kier molecular flexibility index (Phi) is 4.73. The average molecular weight is 393 g/mol. The second-order valence-corrected chi connectivity index (χ2v) is 8.96. The molecule has 0 aromatic heterocycles. The average Bonchev–Trinajstić information content (AvgIpc) is 3.07. The Morgan fingerprint density at radius 3 is 1.48 bits per heavy atom. The third kappa shape index (κ3) is 2.96. The second-order valence-electron chi connectivity index (χ2n) is 8.96. The lowest BCUT2D eigenvalue weighted by Crippen LogP contribution is -2.59. The molecule has 2 aromatic rings. The van der Waals surface area contributed by atoms with Gasteiger partial charge in [-0.05, 0) is 70.7 Å². The molecular formula is C25H32N2O2. The summed E-state index contributed by atoms with van der Waals surface area (Å²) >= 11 is 0. The first kappa shape index (κ1) is 20.0. The van der Waals surface area contributed by atoms with E-state index in [4.69, 9.17) is 4.74 Å². The van der Waals surface area contributed by atoms with E-state index in [-0.39, 0.29) is 11.9 Å². The molecule has 2 aliphatic heterocycles. The van der Waals surface area contributed by atoms with Gasteiger partial charge in [-0.15, -0.1) is 0 Å². The maximum absolute atomic E-state index is 13.5. The Balaban J connectivity index is 1.92. The lowest BCUT2D eigenvalue weighted by molar-refractivity contribution is -0.131. The zero-order chi connectivity index (χ0) is 21.1. The molecular weight excluding hydrogens is 360 g/mol. The number of anilines is 2. The normalized spacial score (nSPS) is 20.9. The molecule has 2 aromatic carbocycles. The van der Waals surface area contributed by atoms with Crippen LogP contribution in [-0.4, -0.2) is 30.8 Å². The molecule has 0 bridgehead atoms. The van der Waals surface area contributed by atoms with Gasteiger partial charge in [-0.2, -0.15) is 0 Å². The zero-order valence-electron chi connectivity index (χ0n) is 18.7. The van der Waals surface area contributed by atoms with Gasteiger partial charge in [0.2, 0.25) is 5.78 Å². The van der Waals surface area contributed by atoms with Gasteiger partial charge in [0.25, 0.3) is 5.85 Å². The molecule has 0 unspecified atom stereocenters. The molecule has 154 valence electrons. The minimum Gasteiger partial charge on any atom is -0.328 e. The number of benzene rings is 2. The number of rotatable bonds is 2. The fourth-order valence-corrected chi connectivity index (χ4v) is 5.58. The topological polar surface area (TPSA) is 32.8 Å². The number of Topliss-reactive ketones (excluding diaryl/α,β-unsaturated/α-hetero) is 1. The first-order chi connectivity index (χ1) is 13.6. The summed E-state index contributed by atoms with van der Waals surface area (Å²) in [4.78, 5) is 18.0. The first-order valence-corrected chi connectivity index (χ1v) is 10.6. The Bertz CT molecular complexity index is 883. The predicted molar refractivity (Wildman–Crippen MR) is 119 cm³/mol. The van der Waals surface area contributed by atoms with E-state index in [1.54, 1.807) is 0 Å². The number of hydrogen-bond acceptors (Lipinski definition) is 4. The Morgan fingerprint density at radius 1 is 0.793 bits per heavy atom. The van der Waals surface area contributed by atoms with Crippen LogP contribution in [-0.2, 0) is 9.53 Å². The molecule has 0 amide bonds. The monoisotopic (exact) mass is 392 g/mol. The van der Waals surface area contributed by atoms with Crippen molar-refractivity contribution in [3.63, 3.8) is 0 Å². The van der Waals surface area contributed by atoms with Crippen molar-refractivity contribution in [2.24, 2.45) is 0 Å². The van der Waals surface area contributed by atoms with Crippen LogP contribution in [0.4, 0.5) is 11.4 Å². The quantitative estimate of drug-likeness (QED) is 0.728. The van der Waals surface area contributed by atoms with Gasteiger partial charge in [0, 0.05) is 30.9 Å². The molecule has 4 nitrogen and oxygen atoms in total. The number of ketones is 1. The van der Waals surface area contributed by atoms with Crippen molar-refractivity contribution in [2.75, 3.05) is 22.9 Å². The summed E-state index contributed by atoms with van der Waals surface area (Å²) in [5.41, 5.74) is 9.51. The summed E-state index contributed by atoms with van der Waals surface area (Å²) in [5.74, 6) is -0.907. The van der Waals surface area contributed by atoms with Crippen LogP contribution in [0.25, 0.3) is 0 Å². The first-order valence-electron chi connectivity index (χ1n) is 10.6. The van der Waals surface area contributed by atoms with Crippen molar-refractivity contribution in [2.45, 2.75) is 66.8 Å². The third-order valence-electron chi connectivity index (χ3n) is 6.29. The van der Waals surface area contributed by atoms with Crippen molar-refractivity contribution in [3.8, 4) is 0 Å². The zero-order valence-corrected chi connectivity index (χ0v) is 18.7. The summed E-state index contributed by atoms with van der Waals surface area (Å²) in [6.07, 6.45) is 0.351. The summed E-state index contributed by atoms with van der Waals surface area (Å²) in [6, 6.07) is 8.79. The van der Waals surface area contributed by atoms with Gasteiger partial charge in [0.05, 0.1) is 6.10 Å². The van der Waals surface area contributed by atoms with Gasteiger partial charge in [0.1, 0.15) is 0 Å². The van der Waals surface area contributed by atoms with Gasteiger partial charge >= 0.3 is 0 Å². The molecule has 0 N–H and O–H groups in total. The second kappa shape index (κ2) is 6.88. The highest BCUT2D eigenvalue weighted by Gasteiger charge is 2.60. The van der Waals surface area contributed by atoms with E-state index < -0.39 is 5.85 Å². The molecule has 4 rings (SSSR count). The summed E-state index contributed by atoms with van der Waals surface area (Å²) in [6.45, 7) is 16.3. The van der Waals surface area contributed by atoms with Crippen LogP contribution in [0.5, 0.6) is 0 Å². The molecule has 2 fully saturated rings. The minimum atomic E-state index is -1.06. The number of hydrogen-bond donors (Lipinski definition) is 0. The molecule has 1 atom stereocenters. The van der Waals surface area contributed by atoms with Crippen LogP contribution in [0.1, 0.15) is 46.7 Å². The minimum absolute atomic E-state index is 0.0947. The Labute approximate surface area is 174 Å². The van der Waals surface area contributed by atoms with Crippen molar-refractivity contribution < 1.29 is 9.53 Å². The van der Waals surface area contributed by atoms with E-state index in [9.17, 15) is 4.79 Å². The Hall–Kier alpha value is -2.33. The van der Waals surface area contributed by atoms with Crippen LogP contribution in [0.2, 0.25) is 0 Å². The van der Waals surface area contributed by atoms with Crippen LogP contribution >= 0.6 is 0 Å². The van der Waals surface area contributed by atoms with Gasteiger partial charge in [-0.25, -0.2) is 0 Å². The van der Waals surface area contributed by atoms with Crippen LogP contribution < -0.4 is 9.80 Å². The van der Waals surface area contributed by atoms with Gasteiger partial charge < -0.3 is 14.5 Å².